The van der Waals surface area contributed by atoms with E-state index in [4.69, 9.17) is 5.73 Å². The number of hydrogen-bond donors (Lipinski definition) is 2. The van der Waals surface area contributed by atoms with E-state index >= 15 is 0 Å². The molecule has 0 aliphatic heterocycles. The van der Waals surface area contributed by atoms with Gasteiger partial charge in [0.15, 0.2) is 0 Å². The SMILES string of the molecule is CCC(C)NC(=O)Cc1csc(-c2ccccc2N)n1. The number of nitrogens with zero attached hydrogens (tertiary/aromatic N) is 1. The predicted octanol–water partition coefficient (Wildman–Crippen LogP) is 2.85. The summed E-state index contributed by atoms with van der Waals surface area (Å²) in [6.45, 7) is 4.04. The van der Waals surface area contributed by atoms with Crippen LogP contribution in [0.15, 0.2) is 29.6 Å². The van der Waals surface area contributed by atoms with Gasteiger partial charge in [-0.3, -0.25) is 4.79 Å². The molecule has 1 atom stereocenters. The quantitative estimate of drug-likeness (QED) is 0.832. The molecule has 0 spiro atoms. The van der Waals surface area contributed by atoms with Gasteiger partial charge in [0, 0.05) is 22.7 Å². The van der Waals surface area contributed by atoms with Gasteiger partial charge in [0.25, 0.3) is 0 Å². The molecule has 0 bridgehead atoms. The van der Waals surface area contributed by atoms with Crippen LogP contribution in [0.3, 0.4) is 0 Å². The number of nitrogens with one attached hydrogen (secondary N) is 1. The maximum atomic E-state index is 11.8. The van der Waals surface area contributed by atoms with Crippen LogP contribution in [0.25, 0.3) is 10.6 Å². The molecule has 20 heavy (non-hydrogen) atoms. The van der Waals surface area contributed by atoms with E-state index in [1.54, 1.807) is 0 Å². The fourth-order valence-corrected chi connectivity index (χ4v) is 2.66. The molecule has 0 aliphatic carbocycles. The lowest BCUT2D eigenvalue weighted by Crippen LogP contribution is -2.33. The summed E-state index contributed by atoms with van der Waals surface area (Å²) in [5.74, 6) is 0.0113. The number of carbonyl (C=O) groups excluding carboxylic acids is 1. The molecule has 2 rings (SSSR count). The van der Waals surface area contributed by atoms with E-state index in [9.17, 15) is 4.79 Å². The summed E-state index contributed by atoms with van der Waals surface area (Å²) in [5.41, 5.74) is 8.35. The Morgan fingerprint density at radius 2 is 2.20 bits per heavy atom. The van der Waals surface area contributed by atoms with Gasteiger partial charge in [-0.15, -0.1) is 11.3 Å². The minimum Gasteiger partial charge on any atom is -0.398 e. The number of aromatic nitrogens is 1. The van der Waals surface area contributed by atoms with Crippen LogP contribution in [0.1, 0.15) is 26.0 Å². The second kappa shape index (κ2) is 6.52. The number of amides is 1. The number of hydrogen-bond acceptors (Lipinski definition) is 4. The fourth-order valence-electron chi connectivity index (χ4n) is 1.80. The molecule has 0 saturated carbocycles. The van der Waals surface area contributed by atoms with Crippen LogP contribution in [-0.2, 0) is 11.2 Å². The van der Waals surface area contributed by atoms with Crippen LogP contribution < -0.4 is 11.1 Å². The van der Waals surface area contributed by atoms with Gasteiger partial charge in [-0.25, -0.2) is 4.98 Å². The van der Waals surface area contributed by atoms with E-state index in [-0.39, 0.29) is 11.9 Å². The van der Waals surface area contributed by atoms with Crippen LogP contribution in [0.2, 0.25) is 0 Å². The third-order valence-corrected chi connectivity index (χ3v) is 4.03. The monoisotopic (exact) mass is 289 g/mol. The number of thiazole rings is 1. The molecule has 0 fully saturated rings. The Labute approximate surface area is 123 Å². The molecule has 3 N–H and O–H groups in total. The number of nitrogen functional groups attached to an aromatic ring is 1. The molecule has 1 aromatic heterocycles. The van der Waals surface area contributed by atoms with Gasteiger partial charge in [0.2, 0.25) is 5.91 Å². The topological polar surface area (TPSA) is 68.0 Å². The Balaban J connectivity index is 2.06. The number of nitrogens with two attached hydrogens (primary N) is 1. The fraction of sp³-hybridized carbons (Fsp3) is 0.333. The smallest absolute Gasteiger partial charge is 0.226 e. The van der Waals surface area contributed by atoms with Gasteiger partial charge in [0.1, 0.15) is 5.01 Å². The molecule has 1 aromatic carbocycles. The minimum atomic E-state index is 0.0113. The molecule has 0 radical (unpaired) electrons. The Kier molecular flexibility index (Phi) is 4.74. The summed E-state index contributed by atoms with van der Waals surface area (Å²) >= 11 is 1.51. The number of anilines is 1. The van der Waals surface area contributed by atoms with Gasteiger partial charge in [-0.05, 0) is 25.5 Å². The van der Waals surface area contributed by atoms with Crippen molar-refractivity contribution in [2.24, 2.45) is 0 Å². The lowest BCUT2D eigenvalue weighted by Gasteiger charge is -2.10. The number of benzene rings is 1. The van der Waals surface area contributed by atoms with Gasteiger partial charge in [-0.2, -0.15) is 0 Å². The van der Waals surface area contributed by atoms with Crippen molar-refractivity contribution in [2.75, 3.05) is 5.73 Å². The Morgan fingerprint density at radius 1 is 1.45 bits per heavy atom. The molecule has 1 unspecified atom stereocenters. The van der Waals surface area contributed by atoms with Gasteiger partial charge < -0.3 is 11.1 Å². The summed E-state index contributed by atoms with van der Waals surface area (Å²) in [4.78, 5) is 16.3. The van der Waals surface area contributed by atoms with Crippen LogP contribution in [0.5, 0.6) is 0 Å². The van der Waals surface area contributed by atoms with Gasteiger partial charge in [0.05, 0.1) is 12.1 Å². The number of para-hydroxylation sites is 1. The first kappa shape index (κ1) is 14.5. The standard InChI is InChI=1S/C15H19N3OS/c1-3-10(2)17-14(19)8-11-9-20-15(18-11)12-6-4-5-7-13(12)16/h4-7,9-10H,3,8,16H2,1-2H3,(H,17,19). The third kappa shape index (κ3) is 3.57. The summed E-state index contributed by atoms with van der Waals surface area (Å²) in [7, 11) is 0. The zero-order valence-corrected chi connectivity index (χ0v) is 12.5. The highest BCUT2D eigenvalue weighted by Gasteiger charge is 2.11. The van der Waals surface area contributed by atoms with E-state index in [1.165, 1.54) is 11.3 Å². The van der Waals surface area contributed by atoms with E-state index in [1.807, 2.05) is 43.5 Å². The zero-order chi connectivity index (χ0) is 14.5. The Bertz CT molecular complexity index is 594. The molecule has 1 amide bonds. The van der Waals surface area contributed by atoms with Crippen molar-refractivity contribution in [1.82, 2.24) is 10.3 Å². The molecule has 4 nitrogen and oxygen atoms in total. The molecule has 0 saturated heterocycles. The van der Waals surface area contributed by atoms with Gasteiger partial charge >= 0.3 is 0 Å². The highest BCUT2D eigenvalue weighted by atomic mass is 32.1. The Hall–Kier alpha value is -1.88. The first-order valence-corrected chi connectivity index (χ1v) is 7.56. The van der Waals surface area contributed by atoms with E-state index in [2.05, 4.69) is 10.3 Å². The number of rotatable bonds is 5. The molecule has 0 aliphatic rings. The molecule has 1 heterocycles. The van der Waals surface area contributed by atoms with Crippen molar-refractivity contribution < 1.29 is 4.79 Å². The van der Waals surface area contributed by atoms with Crippen LogP contribution in [0, 0.1) is 0 Å². The first-order chi connectivity index (χ1) is 9.60. The lowest BCUT2D eigenvalue weighted by atomic mass is 10.2. The summed E-state index contributed by atoms with van der Waals surface area (Å²) in [6, 6.07) is 7.82. The highest BCUT2D eigenvalue weighted by molar-refractivity contribution is 7.13. The number of carbonyl (C=O) groups is 1. The van der Waals surface area contributed by atoms with Crippen molar-refractivity contribution in [3.05, 3.63) is 35.3 Å². The zero-order valence-electron chi connectivity index (χ0n) is 11.7. The van der Waals surface area contributed by atoms with Crippen molar-refractivity contribution in [2.45, 2.75) is 32.7 Å². The van der Waals surface area contributed by atoms with Gasteiger partial charge in [-0.1, -0.05) is 19.1 Å². The van der Waals surface area contributed by atoms with E-state index in [0.29, 0.717) is 12.1 Å². The van der Waals surface area contributed by atoms with Crippen molar-refractivity contribution in [1.29, 1.82) is 0 Å². The maximum absolute atomic E-state index is 11.8. The van der Waals surface area contributed by atoms with E-state index in [0.717, 1.165) is 22.7 Å². The summed E-state index contributed by atoms with van der Waals surface area (Å²) in [6.07, 6.45) is 1.24. The summed E-state index contributed by atoms with van der Waals surface area (Å²) in [5, 5.41) is 5.71. The first-order valence-electron chi connectivity index (χ1n) is 6.68. The second-order valence-electron chi connectivity index (χ2n) is 4.78. The molecule has 2 aromatic rings. The minimum absolute atomic E-state index is 0.0113. The molecular formula is C15H19N3OS. The van der Waals surface area contributed by atoms with Crippen molar-refractivity contribution in [3.63, 3.8) is 0 Å². The Morgan fingerprint density at radius 3 is 2.90 bits per heavy atom. The summed E-state index contributed by atoms with van der Waals surface area (Å²) < 4.78 is 0. The van der Waals surface area contributed by atoms with Crippen molar-refractivity contribution in [3.8, 4) is 10.6 Å². The predicted molar refractivity (Wildman–Crippen MR) is 83.6 cm³/mol. The average molecular weight is 289 g/mol. The maximum Gasteiger partial charge on any atom is 0.226 e. The molecular weight excluding hydrogens is 270 g/mol. The largest absolute Gasteiger partial charge is 0.398 e. The molecule has 5 heteroatoms. The highest BCUT2D eigenvalue weighted by Crippen LogP contribution is 2.28. The van der Waals surface area contributed by atoms with Crippen LogP contribution in [0.4, 0.5) is 5.69 Å². The second-order valence-corrected chi connectivity index (χ2v) is 5.64. The van der Waals surface area contributed by atoms with Crippen LogP contribution >= 0.6 is 11.3 Å². The lowest BCUT2D eigenvalue weighted by molar-refractivity contribution is -0.121. The third-order valence-electron chi connectivity index (χ3n) is 3.10. The molecule has 106 valence electrons. The van der Waals surface area contributed by atoms with Crippen molar-refractivity contribution >= 4 is 22.9 Å². The normalized spacial score (nSPS) is 12.1. The van der Waals surface area contributed by atoms with E-state index < -0.39 is 0 Å². The van der Waals surface area contributed by atoms with Crippen LogP contribution in [-0.4, -0.2) is 16.9 Å². The average Bonchev–Trinajstić information content (AvgIpc) is 2.87.